The predicted octanol–water partition coefficient (Wildman–Crippen LogP) is 1.42. The van der Waals surface area contributed by atoms with Gasteiger partial charge in [-0.05, 0) is 6.08 Å². The highest BCUT2D eigenvalue weighted by atomic mass is 32.1. The van der Waals surface area contributed by atoms with Gasteiger partial charge < -0.3 is 20.7 Å². The second-order valence-electron chi connectivity index (χ2n) is 4.96. The summed E-state index contributed by atoms with van der Waals surface area (Å²) in [5.74, 6) is -0.278. The van der Waals surface area contributed by atoms with Gasteiger partial charge in [-0.2, -0.15) is 0 Å². The molecule has 0 atom stereocenters. The van der Waals surface area contributed by atoms with Gasteiger partial charge >= 0.3 is 12.0 Å². The Morgan fingerprint density at radius 3 is 2.73 bits per heavy atom. The van der Waals surface area contributed by atoms with E-state index >= 15 is 0 Å². The molecule has 1 aromatic rings. The number of rotatable bonds is 6. The Morgan fingerprint density at radius 1 is 1.55 bits per heavy atom. The van der Waals surface area contributed by atoms with Crippen molar-refractivity contribution in [1.29, 1.82) is 0 Å². The number of hydrogen-bond donors (Lipinski definition) is 2. The molecule has 0 aliphatic carbocycles. The van der Waals surface area contributed by atoms with Crippen molar-refractivity contribution in [1.82, 2.24) is 15.2 Å². The highest BCUT2D eigenvalue weighted by Gasteiger charge is 2.17. The third kappa shape index (κ3) is 5.12. The number of amides is 2. The number of carbonyl (C=O) groups excluding carboxylic acids is 2. The van der Waals surface area contributed by atoms with Crippen LogP contribution < -0.4 is 11.1 Å². The summed E-state index contributed by atoms with van der Waals surface area (Å²) in [6.07, 6.45) is 1.40. The third-order valence-corrected chi connectivity index (χ3v) is 3.97. The van der Waals surface area contributed by atoms with E-state index in [2.05, 4.69) is 28.9 Å². The van der Waals surface area contributed by atoms with Gasteiger partial charge in [0.25, 0.3) is 0 Å². The smallest absolute Gasteiger partial charge is 0.354 e. The molecule has 0 radical (unpaired) electrons. The number of aromatic nitrogens is 1. The third-order valence-electron chi connectivity index (χ3n) is 2.78. The van der Waals surface area contributed by atoms with Gasteiger partial charge in [-0.15, -0.1) is 11.3 Å². The highest BCUT2D eigenvalue weighted by Crippen LogP contribution is 2.19. The van der Waals surface area contributed by atoms with Crippen LogP contribution in [0.25, 0.3) is 0 Å². The number of nitrogens with two attached hydrogens (primary N) is 1. The molecule has 0 aliphatic rings. The summed E-state index contributed by atoms with van der Waals surface area (Å²) in [7, 11) is 2.87. The van der Waals surface area contributed by atoms with E-state index in [0.717, 1.165) is 10.7 Å². The Morgan fingerprint density at radius 2 is 2.23 bits per heavy atom. The Balaban J connectivity index is 2.67. The molecule has 1 rings (SSSR count). The van der Waals surface area contributed by atoms with Gasteiger partial charge in [0.2, 0.25) is 0 Å². The first-order valence-electron chi connectivity index (χ1n) is 6.84. The minimum atomic E-state index is -0.636. The van der Waals surface area contributed by atoms with E-state index in [1.165, 1.54) is 18.1 Å². The fourth-order valence-corrected chi connectivity index (χ4v) is 2.43. The van der Waals surface area contributed by atoms with Gasteiger partial charge in [0.05, 0.1) is 24.4 Å². The van der Waals surface area contributed by atoms with Crippen LogP contribution in [-0.2, 0) is 16.1 Å². The fraction of sp³-hybridized carbons (Fsp3) is 0.500. The molecule has 0 bridgehead atoms. The monoisotopic (exact) mass is 326 g/mol. The molecule has 1 aromatic heterocycles. The molecule has 2 amide bonds. The Kier molecular flexibility index (Phi) is 7.00. The summed E-state index contributed by atoms with van der Waals surface area (Å²) in [6, 6.07) is -0.427. The second-order valence-corrected chi connectivity index (χ2v) is 5.85. The normalized spacial score (nSPS) is 11.5. The summed E-state index contributed by atoms with van der Waals surface area (Å²) in [4.78, 5) is 29.5. The molecule has 0 unspecified atom stereocenters. The van der Waals surface area contributed by atoms with Crippen LogP contribution in [-0.4, -0.2) is 42.6 Å². The maximum atomic E-state index is 12.1. The maximum absolute atomic E-state index is 12.1. The zero-order valence-electron chi connectivity index (χ0n) is 13.3. The molecule has 3 N–H and O–H groups in total. The minimum Gasteiger partial charge on any atom is -0.464 e. The van der Waals surface area contributed by atoms with E-state index in [9.17, 15) is 9.59 Å². The van der Waals surface area contributed by atoms with Crippen molar-refractivity contribution in [2.24, 2.45) is 5.73 Å². The van der Waals surface area contributed by atoms with Crippen molar-refractivity contribution in [3.63, 3.8) is 0 Å². The molecule has 22 heavy (non-hydrogen) atoms. The largest absolute Gasteiger partial charge is 0.464 e. The maximum Gasteiger partial charge on any atom is 0.354 e. The Bertz CT molecular complexity index is 554. The molecule has 0 aliphatic heterocycles. The number of urea groups is 1. The second kappa shape index (κ2) is 8.50. The average Bonchev–Trinajstić information content (AvgIpc) is 2.94. The predicted molar refractivity (Wildman–Crippen MR) is 85.4 cm³/mol. The van der Waals surface area contributed by atoms with E-state index in [0.29, 0.717) is 12.5 Å². The molecule has 7 nitrogen and oxygen atoms in total. The fourth-order valence-electron chi connectivity index (χ4n) is 1.60. The van der Waals surface area contributed by atoms with E-state index in [4.69, 9.17) is 5.73 Å². The lowest BCUT2D eigenvalue weighted by Gasteiger charge is -2.17. The first-order chi connectivity index (χ1) is 10.4. The zero-order chi connectivity index (χ0) is 16.7. The average molecular weight is 326 g/mol. The summed E-state index contributed by atoms with van der Waals surface area (Å²) in [5.41, 5.74) is 6.21. The standard InChI is InChI=1S/C14H22N4O3S/c1-9(2)12-16-10(8-22-12)7-18(3)14(20)17-11(5-6-15)13(19)21-4/h5,8-9H,6-7,15H2,1-4H3,(H,17,20)/b11-5+. The SMILES string of the molecule is COC(=O)/C(=C\CN)NC(=O)N(C)Cc1csc(C(C)C)n1. The molecule has 0 spiro atoms. The number of ether oxygens (including phenoxy) is 1. The lowest BCUT2D eigenvalue weighted by atomic mass is 10.2. The van der Waals surface area contributed by atoms with Gasteiger partial charge in [-0.1, -0.05) is 13.8 Å². The van der Waals surface area contributed by atoms with Crippen molar-refractivity contribution in [3.05, 3.63) is 27.9 Å². The van der Waals surface area contributed by atoms with Gasteiger partial charge in [-0.25, -0.2) is 14.6 Å². The number of nitrogens with zero attached hydrogens (tertiary/aromatic N) is 2. The summed E-state index contributed by atoms with van der Waals surface area (Å²) in [5, 5.41) is 5.44. The first kappa shape index (κ1) is 18.1. The highest BCUT2D eigenvalue weighted by molar-refractivity contribution is 7.09. The van der Waals surface area contributed by atoms with Crippen molar-refractivity contribution in [2.75, 3.05) is 20.7 Å². The topological polar surface area (TPSA) is 97.5 Å². The lowest BCUT2D eigenvalue weighted by Crippen LogP contribution is -2.38. The van der Waals surface area contributed by atoms with Crippen LogP contribution >= 0.6 is 11.3 Å². The molecule has 8 heteroatoms. The summed E-state index contributed by atoms with van der Waals surface area (Å²) >= 11 is 1.57. The molecular weight excluding hydrogens is 304 g/mol. The van der Waals surface area contributed by atoms with Crippen molar-refractivity contribution in [2.45, 2.75) is 26.3 Å². The summed E-state index contributed by atoms with van der Waals surface area (Å²) in [6.45, 7) is 4.61. The quantitative estimate of drug-likeness (QED) is 0.609. The Labute approximate surface area is 134 Å². The number of thiazole rings is 1. The first-order valence-corrected chi connectivity index (χ1v) is 7.72. The Hall–Kier alpha value is -1.93. The van der Waals surface area contributed by atoms with Gasteiger partial charge in [0.1, 0.15) is 5.70 Å². The van der Waals surface area contributed by atoms with Crippen molar-refractivity contribution < 1.29 is 14.3 Å². The van der Waals surface area contributed by atoms with Gasteiger partial charge in [-0.3, -0.25) is 0 Å². The zero-order valence-corrected chi connectivity index (χ0v) is 14.1. The molecular formula is C14H22N4O3S. The van der Waals surface area contributed by atoms with E-state index in [1.807, 2.05) is 5.38 Å². The van der Waals surface area contributed by atoms with Crippen molar-refractivity contribution >= 4 is 23.3 Å². The van der Waals surface area contributed by atoms with Crippen LogP contribution in [0.4, 0.5) is 4.79 Å². The van der Waals surface area contributed by atoms with Crippen LogP contribution in [0.3, 0.4) is 0 Å². The van der Waals surface area contributed by atoms with E-state index in [-0.39, 0.29) is 12.2 Å². The van der Waals surface area contributed by atoms with E-state index in [1.54, 1.807) is 18.4 Å². The molecule has 0 fully saturated rings. The number of esters is 1. The van der Waals surface area contributed by atoms with Gasteiger partial charge in [0, 0.05) is 24.9 Å². The molecule has 0 aromatic carbocycles. The number of methoxy groups -OCH3 is 1. The van der Waals surface area contributed by atoms with Crippen LogP contribution in [0.1, 0.15) is 30.5 Å². The van der Waals surface area contributed by atoms with Crippen LogP contribution in [0.2, 0.25) is 0 Å². The minimum absolute atomic E-state index is 0.0306. The van der Waals surface area contributed by atoms with Crippen LogP contribution in [0.15, 0.2) is 17.2 Å². The van der Waals surface area contributed by atoms with Crippen molar-refractivity contribution in [3.8, 4) is 0 Å². The molecule has 0 saturated heterocycles. The molecule has 122 valence electrons. The van der Waals surface area contributed by atoms with Gasteiger partial charge in [0.15, 0.2) is 0 Å². The number of nitrogens with one attached hydrogen (secondary N) is 1. The lowest BCUT2D eigenvalue weighted by molar-refractivity contribution is -0.136. The number of carbonyl (C=O) groups is 2. The summed E-state index contributed by atoms with van der Waals surface area (Å²) < 4.78 is 4.59. The number of hydrogen-bond acceptors (Lipinski definition) is 6. The van der Waals surface area contributed by atoms with E-state index < -0.39 is 12.0 Å². The molecule has 1 heterocycles. The molecule has 0 saturated carbocycles. The van der Waals surface area contributed by atoms with Crippen LogP contribution in [0.5, 0.6) is 0 Å². The van der Waals surface area contributed by atoms with Crippen LogP contribution in [0, 0.1) is 0 Å².